The van der Waals surface area contributed by atoms with Crippen LogP contribution in [0.4, 0.5) is 0 Å². The van der Waals surface area contributed by atoms with Crippen LogP contribution in [0, 0.1) is 5.21 Å². The Labute approximate surface area is 134 Å². The summed E-state index contributed by atoms with van der Waals surface area (Å²) in [6, 6.07) is 11.9. The molecule has 2 rings (SSSR count). The van der Waals surface area contributed by atoms with Crippen molar-refractivity contribution in [2.24, 2.45) is 0 Å². The Hall–Kier alpha value is -1.53. The van der Waals surface area contributed by atoms with E-state index in [-0.39, 0.29) is 10.8 Å². The highest BCUT2D eigenvalue weighted by Gasteiger charge is 2.14. The molecular formula is C15H14BrNO3S. The lowest BCUT2D eigenvalue weighted by atomic mass is 10.1. The molecule has 0 aliphatic heterocycles. The smallest absolute Gasteiger partial charge is 0.281 e. The van der Waals surface area contributed by atoms with Gasteiger partial charge in [-0.2, -0.15) is 4.73 Å². The summed E-state index contributed by atoms with van der Waals surface area (Å²) in [6.07, 6.45) is 2.12. The predicted molar refractivity (Wildman–Crippen MR) is 84.4 cm³/mol. The average molecular weight is 368 g/mol. The van der Waals surface area contributed by atoms with Crippen molar-refractivity contribution in [1.82, 2.24) is 0 Å². The molecule has 6 heteroatoms. The number of ketones is 1. The highest BCUT2D eigenvalue weighted by Crippen LogP contribution is 2.13. The number of carbonyl (C=O) groups excluding carboxylic acids is 1. The summed E-state index contributed by atoms with van der Waals surface area (Å²) < 4.78 is 13.5. The van der Waals surface area contributed by atoms with Crippen LogP contribution in [0.25, 0.3) is 0 Å². The van der Waals surface area contributed by atoms with Crippen molar-refractivity contribution < 1.29 is 13.7 Å². The summed E-state index contributed by atoms with van der Waals surface area (Å²) in [5.74, 6) is 0.316. The maximum Gasteiger partial charge on any atom is 0.281 e. The van der Waals surface area contributed by atoms with Crippen molar-refractivity contribution >= 4 is 32.5 Å². The van der Waals surface area contributed by atoms with Gasteiger partial charge in [0.25, 0.3) is 5.03 Å². The van der Waals surface area contributed by atoms with Crippen LogP contribution in [0.15, 0.2) is 58.2 Å². The van der Waals surface area contributed by atoms with Crippen LogP contribution in [-0.4, -0.2) is 15.7 Å². The first-order chi connectivity index (χ1) is 10.1. The first kappa shape index (κ1) is 15.9. The number of pyridine rings is 1. The zero-order valence-corrected chi connectivity index (χ0v) is 13.6. The van der Waals surface area contributed by atoms with E-state index >= 15 is 0 Å². The van der Waals surface area contributed by atoms with Crippen LogP contribution in [0.1, 0.15) is 23.2 Å². The Bertz CT molecular complexity index is 658. The lowest BCUT2D eigenvalue weighted by Gasteiger charge is -2.04. The first-order valence-electron chi connectivity index (χ1n) is 6.43. The van der Waals surface area contributed by atoms with E-state index in [1.54, 1.807) is 30.3 Å². The van der Waals surface area contributed by atoms with Crippen molar-refractivity contribution in [2.45, 2.75) is 17.9 Å². The van der Waals surface area contributed by atoms with Gasteiger partial charge < -0.3 is 5.21 Å². The number of halogens is 1. The van der Waals surface area contributed by atoms with E-state index in [1.807, 2.05) is 12.1 Å². The molecular weight excluding hydrogens is 354 g/mol. The minimum Gasteiger partial charge on any atom is -0.618 e. The van der Waals surface area contributed by atoms with Gasteiger partial charge in [-0.3, -0.25) is 4.79 Å². The van der Waals surface area contributed by atoms with Crippen molar-refractivity contribution in [3.8, 4) is 0 Å². The minimum atomic E-state index is -1.38. The van der Waals surface area contributed by atoms with Gasteiger partial charge in [-0.05, 0) is 24.6 Å². The molecule has 0 radical (unpaired) electrons. The number of Topliss-reactive ketones (excluding diaryl/α,β-unsaturated/α-hetero) is 1. The van der Waals surface area contributed by atoms with Crippen molar-refractivity contribution in [3.63, 3.8) is 0 Å². The maximum absolute atomic E-state index is 12.0. The molecule has 0 aliphatic rings. The third-order valence-corrected chi connectivity index (χ3v) is 4.89. The number of carbonyl (C=O) groups is 1. The first-order valence-corrected chi connectivity index (χ1v) is 8.54. The summed E-state index contributed by atoms with van der Waals surface area (Å²) in [5, 5.41) is 11.7. The second kappa shape index (κ2) is 7.47. The van der Waals surface area contributed by atoms with Crippen molar-refractivity contribution in [1.29, 1.82) is 0 Å². The fourth-order valence-corrected chi connectivity index (χ4v) is 3.21. The van der Waals surface area contributed by atoms with E-state index in [4.69, 9.17) is 0 Å². The van der Waals surface area contributed by atoms with Gasteiger partial charge in [0.1, 0.15) is 10.8 Å². The number of hydrogen-bond donors (Lipinski definition) is 0. The van der Waals surface area contributed by atoms with Gasteiger partial charge in [0.15, 0.2) is 12.0 Å². The van der Waals surface area contributed by atoms with Gasteiger partial charge in [-0.25, -0.2) is 4.21 Å². The third kappa shape index (κ3) is 4.47. The van der Waals surface area contributed by atoms with Gasteiger partial charge in [-0.1, -0.05) is 28.1 Å². The SMILES string of the molecule is O=C(CCC[S@](=O)c1cccc[n+]1[O-])c1ccc(Br)cc1. The molecule has 0 unspecified atom stereocenters. The Balaban J connectivity index is 1.87. The molecule has 1 aromatic heterocycles. The van der Waals surface area contributed by atoms with E-state index in [1.165, 1.54) is 6.20 Å². The lowest BCUT2D eigenvalue weighted by Crippen LogP contribution is -2.31. The summed E-state index contributed by atoms with van der Waals surface area (Å²) in [7, 11) is -1.38. The zero-order chi connectivity index (χ0) is 15.2. The number of nitrogens with zero attached hydrogens (tertiary/aromatic N) is 1. The Kier molecular flexibility index (Phi) is 5.64. The number of hydrogen-bond acceptors (Lipinski definition) is 3. The number of rotatable bonds is 6. The van der Waals surface area contributed by atoms with Crippen LogP contribution in [0.2, 0.25) is 0 Å². The molecule has 0 saturated carbocycles. The minimum absolute atomic E-state index is 0.0163. The predicted octanol–water partition coefficient (Wildman–Crippen LogP) is 2.85. The molecule has 0 spiro atoms. The van der Waals surface area contributed by atoms with Gasteiger partial charge in [0, 0.05) is 34.3 Å². The number of aromatic nitrogens is 1. The van der Waals surface area contributed by atoms with E-state index in [0.29, 0.717) is 28.9 Å². The van der Waals surface area contributed by atoms with Gasteiger partial charge in [-0.15, -0.1) is 0 Å². The molecule has 1 aromatic carbocycles. The molecule has 1 heterocycles. The highest BCUT2D eigenvalue weighted by molar-refractivity contribution is 9.10. The normalized spacial score (nSPS) is 12.0. The van der Waals surface area contributed by atoms with Crippen LogP contribution >= 0.6 is 15.9 Å². The molecule has 4 nitrogen and oxygen atoms in total. The average Bonchev–Trinajstić information content (AvgIpc) is 2.48. The quantitative estimate of drug-likeness (QED) is 0.448. The second-order valence-corrected chi connectivity index (χ2v) is 6.88. The molecule has 0 amide bonds. The second-order valence-electron chi connectivity index (χ2n) is 4.45. The third-order valence-electron chi connectivity index (χ3n) is 2.92. The standard InChI is InChI=1S/C15H14BrNO3S/c16-13-8-6-12(7-9-13)14(18)4-3-11-21(20)15-5-1-2-10-17(15)19/h1-2,5-10H,3-4,11H2/t21-/m0/s1. The summed E-state index contributed by atoms with van der Waals surface area (Å²) >= 11 is 3.32. The van der Waals surface area contributed by atoms with Gasteiger partial charge in [0.05, 0.1) is 0 Å². The summed E-state index contributed by atoms with van der Waals surface area (Å²) in [5.41, 5.74) is 0.641. The van der Waals surface area contributed by atoms with Gasteiger partial charge >= 0.3 is 0 Å². The molecule has 0 saturated heterocycles. The molecule has 0 bridgehead atoms. The zero-order valence-electron chi connectivity index (χ0n) is 11.2. The molecule has 0 aliphatic carbocycles. The van der Waals surface area contributed by atoms with Crippen LogP contribution in [0.3, 0.4) is 0 Å². The Morgan fingerprint density at radius 3 is 2.57 bits per heavy atom. The van der Waals surface area contributed by atoms with E-state index < -0.39 is 10.8 Å². The Morgan fingerprint density at radius 2 is 1.90 bits per heavy atom. The van der Waals surface area contributed by atoms with Gasteiger partial charge in [0.2, 0.25) is 0 Å². The molecule has 1 atom stereocenters. The van der Waals surface area contributed by atoms with E-state index in [0.717, 1.165) is 4.47 Å². The van der Waals surface area contributed by atoms with E-state index in [2.05, 4.69) is 15.9 Å². The van der Waals surface area contributed by atoms with Crippen LogP contribution in [-0.2, 0) is 10.8 Å². The molecule has 2 aromatic rings. The van der Waals surface area contributed by atoms with E-state index in [9.17, 15) is 14.2 Å². The maximum atomic E-state index is 12.0. The van der Waals surface area contributed by atoms with Crippen molar-refractivity contribution in [2.75, 3.05) is 5.75 Å². The summed E-state index contributed by atoms with van der Waals surface area (Å²) in [6.45, 7) is 0. The summed E-state index contributed by atoms with van der Waals surface area (Å²) in [4.78, 5) is 12.0. The van der Waals surface area contributed by atoms with Crippen LogP contribution in [0.5, 0.6) is 0 Å². The molecule has 0 N–H and O–H groups in total. The fourth-order valence-electron chi connectivity index (χ4n) is 1.84. The molecule has 0 fully saturated rings. The highest BCUT2D eigenvalue weighted by atomic mass is 79.9. The largest absolute Gasteiger partial charge is 0.618 e. The molecule has 21 heavy (non-hydrogen) atoms. The number of benzene rings is 1. The fraction of sp³-hybridized carbons (Fsp3) is 0.200. The monoisotopic (exact) mass is 367 g/mol. The Morgan fingerprint density at radius 1 is 1.19 bits per heavy atom. The van der Waals surface area contributed by atoms with Crippen LogP contribution < -0.4 is 4.73 Å². The van der Waals surface area contributed by atoms with Crippen molar-refractivity contribution in [3.05, 3.63) is 63.9 Å². The lowest BCUT2D eigenvalue weighted by molar-refractivity contribution is -0.646. The topological polar surface area (TPSA) is 61.1 Å². The molecule has 110 valence electrons.